The Labute approximate surface area is 64.5 Å². The van der Waals surface area contributed by atoms with Crippen molar-refractivity contribution < 1.29 is 39.5 Å². The molecule has 0 aromatic heterocycles. The van der Waals surface area contributed by atoms with E-state index in [1.165, 1.54) is 6.92 Å². The molecule has 0 rings (SSSR count). The molecule has 0 aliphatic rings. The predicted molar refractivity (Wildman–Crippen MR) is 19.8 cm³/mol. The summed E-state index contributed by atoms with van der Waals surface area (Å²) in [6.07, 6.45) is 1.45. The van der Waals surface area contributed by atoms with Crippen molar-refractivity contribution in [2.75, 3.05) is 0 Å². The third kappa shape index (κ3) is 10.7. The van der Waals surface area contributed by atoms with E-state index in [2.05, 4.69) is 0 Å². The maximum atomic E-state index is 9.76. The van der Waals surface area contributed by atoms with E-state index >= 15 is 0 Å². The van der Waals surface area contributed by atoms with Crippen LogP contribution in [0.2, 0.25) is 0 Å². The van der Waals surface area contributed by atoms with Gasteiger partial charge in [0.05, 0.1) is 0 Å². The fourth-order valence-electron chi connectivity index (χ4n) is 0.0958. The minimum atomic E-state index is -0.204. The number of hydrogen-bond acceptors (Lipinski definition) is 2. The molecule has 0 radical (unpaired) electrons. The molecule has 0 N–H and O–H groups in total. The molecule has 0 saturated heterocycles. The van der Waals surface area contributed by atoms with Gasteiger partial charge in [-0.25, -0.2) is 0 Å². The van der Waals surface area contributed by atoms with Crippen LogP contribution in [0.4, 0.5) is 0 Å². The molecule has 0 atom stereocenters. The average Bonchev–Trinajstić information content (AvgIpc) is 1.35. The van der Waals surface area contributed by atoms with Crippen molar-refractivity contribution in [1.29, 1.82) is 0 Å². The van der Waals surface area contributed by atoms with Crippen LogP contribution in [0.15, 0.2) is 11.8 Å². The maximum Gasteiger partial charge on any atom is 1.00 e. The van der Waals surface area contributed by atoms with Crippen molar-refractivity contribution in [1.82, 2.24) is 0 Å². The number of rotatable bonds is 1. The summed E-state index contributed by atoms with van der Waals surface area (Å²) in [4.78, 5) is 9.34. The van der Waals surface area contributed by atoms with E-state index in [1.54, 1.807) is 0 Å². The van der Waals surface area contributed by atoms with Gasteiger partial charge in [0.15, 0.2) is 0 Å². The van der Waals surface area contributed by atoms with Gasteiger partial charge < -0.3 is 5.11 Å². The first-order chi connectivity index (χ1) is 2.77. The third-order valence-corrected chi connectivity index (χ3v) is 0.303. The van der Waals surface area contributed by atoms with Crippen LogP contribution in [0.1, 0.15) is 6.92 Å². The zero-order valence-electron chi connectivity index (χ0n) is 4.47. The molecule has 0 spiro atoms. The standard InChI is InChI=1S/C4H6O2.Na/c1-4(6)2-3-5;/h2-3,6H,1H3;/q;+1/p-1. The van der Waals surface area contributed by atoms with E-state index in [1.807, 2.05) is 0 Å². The van der Waals surface area contributed by atoms with E-state index in [9.17, 15) is 9.90 Å². The van der Waals surface area contributed by atoms with E-state index in [0.717, 1.165) is 6.08 Å². The number of carbonyl (C=O) groups is 1. The first-order valence-electron chi connectivity index (χ1n) is 1.56. The predicted octanol–water partition coefficient (Wildman–Crippen LogP) is -3.55. The van der Waals surface area contributed by atoms with Gasteiger partial charge >= 0.3 is 29.6 Å². The third-order valence-electron chi connectivity index (χ3n) is 0.303. The van der Waals surface area contributed by atoms with Gasteiger partial charge in [0.1, 0.15) is 6.29 Å². The summed E-state index contributed by atoms with van der Waals surface area (Å²) in [6, 6.07) is 0. The van der Waals surface area contributed by atoms with Crippen LogP contribution in [-0.4, -0.2) is 6.29 Å². The van der Waals surface area contributed by atoms with Crippen LogP contribution >= 0.6 is 0 Å². The van der Waals surface area contributed by atoms with Crippen LogP contribution in [0, 0.1) is 0 Å². The fourth-order valence-corrected chi connectivity index (χ4v) is 0.0958. The summed E-state index contributed by atoms with van der Waals surface area (Å²) >= 11 is 0. The molecule has 0 aromatic rings. The Morgan fingerprint density at radius 1 is 1.71 bits per heavy atom. The molecule has 0 heterocycles. The molecule has 34 valence electrons. The van der Waals surface area contributed by atoms with Gasteiger partial charge in [-0.1, -0.05) is 6.92 Å². The molecular formula is C4H5NaO2. The van der Waals surface area contributed by atoms with E-state index in [0.29, 0.717) is 6.29 Å². The summed E-state index contributed by atoms with van der Waals surface area (Å²) in [5.74, 6) is -0.204. The topological polar surface area (TPSA) is 40.1 Å². The molecule has 2 nitrogen and oxygen atoms in total. The normalized spacial score (nSPS) is 9.57. The molecule has 3 heteroatoms. The Morgan fingerprint density at radius 3 is 2.14 bits per heavy atom. The molecule has 7 heavy (non-hydrogen) atoms. The molecule has 0 bridgehead atoms. The molecule has 0 aromatic carbocycles. The second-order valence-electron chi connectivity index (χ2n) is 0.913. The maximum absolute atomic E-state index is 9.76. The molecule has 0 fully saturated rings. The van der Waals surface area contributed by atoms with Crippen molar-refractivity contribution in [3.05, 3.63) is 11.8 Å². The Hall–Kier alpha value is 0.210. The van der Waals surface area contributed by atoms with Gasteiger partial charge in [0.2, 0.25) is 0 Å². The van der Waals surface area contributed by atoms with Crippen LogP contribution in [0.25, 0.3) is 0 Å². The average molecular weight is 108 g/mol. The molecule has 0 saturated carbocycles. The SMILES string of the molecule is CC([O-])=CC=O.[Na+]. The number of allylic oxidation sites excluding steroid dienone is 2. The first-order valence-corrected chi connectivity index (χ1v) is 1.56. The van der Waals surface area contributed by atoms with Crippen molar-refractivity contribution in [2.45, 2.75) is 6.92 Å². The number of carbonyl (C=O) groups excluding carboxylic acids is 1. The van der Waals surface area contributed by atoms with Crippen molar-refractivity contribution >= 4 is 6.29 Å². The zero-order valence-corrected chi connectivity index (χ0v) is 6.47. The largest absolute Gasteiger partial charge is 1.00 e. The summed E-state index contributed by atoms with van der Waals surface area (Å²) in [5.41, 5.74) is 0. The molecule has 0 aliphatic carbocycles. The van der Waals surface area contributed by atoms with Crippen molar-refractivity contribution in [2.24, 2.45) is 0 Å². The van der Waals surface area contributed by atoms with E-state index < -0.39 is 0 Å². The summed E-state index contributed by atoms with van der Waals surface area (Å²) < 4.78 is 0. The first kappa shape index (κ1) is 10.2. The van der Waals surface area contributed by atoms with Gasteiger partial charge in [-0.2, -0.15) is 0 Å². The summed E-state index contributed by atoms with van der Waals surface area (Å²) in [5, 5.41) is 9.76. The molecule has 0 amide bonds. The van der Waals surface area contributed by atoms with Gasteiger partial charge in [-0.05, 0) is 6.08 Å². The van der Waals surface area contributed by atoms with Gasteiger partial charge in [0, 0.05) is 0 Å². The van der Waals surface area contributed by atoms with Crippen molar-refractivity contribution in [3.8, 4) is 0 Å². The second kappa shape index (κ2) is 6.21. The fraction of sp³-hybridized carbons (Fsp3) is 0.250. The smallest absolute Gasteiger partial charge is 0.876 e. The minimum absolute atomic E-state index is 0. The van der Waals surface area contributed by atoms with Crippen LogP contribution in [0.3, 0.4) is 0 Å². The summed E-state index contributed by atoms with van der Waals surface area (Å²) in [7, 11) is 0. The Bertz CT molecular complexity index is 73.8. The quantitative estimate of drug-likeness (QED) is 0.151. The van der Waals surface area contributed by atoms with Crippen molar-refractivity contribution in [3.63, 3.8) is 0 Å². The van der Waals surface area contributed by atoms with Crippen LogP contribution in [0.5, 0.6) is 0 Å². The monoisotopic (exact) mass is 108 g/mol. The Balaban J connectivity index is 0. The van der Waals surface area contributed by atoms with Gasteiger partial charge in [-0.3, -0.25) is 4.79 Å². The Kier molecular flexibility index (Phi) is 9.09. The van der Waals surface area contributed by atoms with Gasteiger partial charge in [-0.15, -0.1) is 5.76 Å². The van der Waals surface area contributed by atoms with E-state index in [-0.39, 0.29) is 35.3 Å². The van der Waals surface area contributed by atoms with Crippen LogP contribution in [-0.2, 0) is 4.79 Å². The molecular weight excluding hydrogens is 103 g/mol. The zero-order chi connectivity index (χ0) is 4.99. The van der Waals surface area contributed by atoms with Crippen LogP contribution < -0.4 is 34.7 Å². The van der Waals surface area contributed by atoms with E-state index in [4.69, 9.17) is 0 Å². The Morgan fingerprint density at radius 2 is 2.14 bits per heavy atom. The molecule has 0 unspecified atom stereocenters. The van der Waals surface area contributed by atoms with Gasteiger partial charge in [0.25, 0.3) is 0 Å². The summed E-state index contributed by atoms with van der Waals surface area (Å²) in [6.45, 7) is 1.33. The number of hydrogen-bond donors (Lipinski definition) is 0. The number of aldehydes is 1. The molecule has 0 aliphatic heterocycles. The minimum Gasteiger partial charge on any atom is -0.876 e. The second-order valence-corrected chi connectivity index (χ2v) is 0.913.